The fraction of sp³-hybridized carbons (Fsp3) is 0.400. The molecule has 0 spiro atoms. The molecule has 0 amide bonds. The van der Waals surface area contributed by atoms with Crippen molar-refractivity contribution in [3.63, 3.8) is 0 Å². The maximum atomic E-state index is 5.14. The molecule has 1 rings (SSSR count). The number of aromatic nitrogens is 2. The number of nitrogens with one attached hydrogen (secondary N) is 1. The Morgan fingerprint density at radius 1 is 1.57 bits per heavy atom. The molecule has 0 bridgehead atoms. The summed E-state index contributed by atoms with van der Waals surface area (Å²) in [6, 6.07) is 1.82. The molecule has 0 aliphatic carbocycles. The summed E-state index contributed by atoms with van der Waals surface area (Å²) in [6.07, 6.45) is 7.56. The topological polar surface area (TPSA) is 41.1 Å². The van der Waals surface area contributed by atoms with Crippen molar-refractivity contribution in [2.45, 2.75) is 6.42 Å². The Hall–Kier alpha value is -1.76. The van der Waals surface area contributed by atoms with E-state index < -0.39 is 0 Å². The van der Waals surface area contributed by atoms with Gasteiger partial charge in [0.1, 0.15) is 5.82 Å². The second-order valence-electron chi connectivity index (χ2n) is 3.02. The summed E-state index contributed by atoms with van der Waals surface area (Å²) in [5.41, 5.74) is 0. The maximum Gasteiger partial charge on any atom is 0.226 e. The Labute approximate surface area is 84.4 Å². The zero-order valence-electron chi connectivity index (χ0n) is 8.49. The lowest BCUT2D eigenvalue weighted by molar-refractivity contribution is 0.984. The predicted molar refractivity (Wildman–Crippen MR) is 58.3 cm³/mol. The molecule has 1 heterocycles. The van der Waals surface area contributed by atoms with Crippen molar-refractivity contribution >= 4 is 11.8 Å². The molecule has 0 saturated heterocycles. The van der Waals surface area contributed by atoms with E-state index in [2.05, 4.69) is 21.2 Å². The van der Waals surface area contributed by atoms with Gasteiger partial charge in [-0.2, -0.15) is 4.98 Å². The van der Waals surface area contributed by atoms with E-state index >= 15 is 0 Å². The van der Waals surface area contributed by atoms with Gasteiger partial charge in [0.2, 0.25) is 5.95 Å². The molecular formula is C10H14N4. The minimum absolute atomic E-state index is 0.690. The molecule has 74 valence electrons. The highest BCUT2D eigenvalue weighted by Crippen LogP contribution is 2.07. The molecular weight excluding hydrogens is 176 g/mol. The number of anilines is 2. The van der Waals surface area contributed by atoms with Crippen LogP contribution >= 0.6 is 0 Å². The minimum atomic E-state index is 0.690. The highest BCUT2D eigenvalue weighted by atomic mass is 15.2. The molecule has 1 N–H and O–H groups in total. The zero-order valence-corrected chi connectivity index (χ0v) is 8.49. The van der Waals surface area contributed by atoms with E-state index in [1.165, 1.54) is 0 Å². The van der Waals surface area contributed by atoms with Gasteiger partial charge >= 0.3 is 0 Å². The summed E-state index contributed by atoms with van der Waals surface area (Å²) in [4.78, 5) is 10.2. The maximum absolute atomic E-state index is 5.14. The van der Waals surface area contributed by atoms with Crippen molar-refractivity contribution in [1.82, 2.24) is 9.97 Å². The summed E-state index contributed by atoms with van der Waals surface area (Å²) in [6.45, 7) is 0.736. The van der Waals surface area contributed by atoms with Crippen LogP contribution in [0.1, 0.15) is 6.42 Å². The Morgan fingerprint density at radius 3 is 3.00 bits per heavy atom. The fourth-order valence-electron chi connectivity index (χ4n) is 0.925. The van der Waals surface area contributed by atoms with Crippen LogP contribution in [0.15, 0.2) is 12.3 Å². The molecule has 1 aromatic rings. The Balaban J connectivity index is 2.60. The van der Waals surface area contributed by atoms with Gasteiger partial charge in [-0.05, 0) is 6.07 Å². The van der Waals surface area contributed by atoms with Crippen LogP contribution in [0.5, 0.6) is 0 Å². The molecule has 0 aromatic carbocycles. The molecule has 4 nitrogen and oxygen atoms in total. The molecule has 0 aliphatic heterocycles. The Kier molecular flexibility index (Phi) is 3.74. The lowest BCUT2D eigenvalue weighted by atomic mass is 10.4. The second kappa shape index (κ2) is 5.07. The third kappa shape index (κ3) is 2.94. The standard InChI is InChI=1S/C10H14N4/c1-4-5-7-11-9-6-8-12-10(13-9)14(2)3/h1,6,8H,5,7H2,2-3H3,(H,11,12,13). The third-order valence-corrected chi connectivity index (χ3v) is 1.62. The van der Waals surface area contributed by atoms with Gasteiger partial charge < -0.3 is 10.2 Å². The monoisotopic (exact) mass is 190 g/mol. The van der Waals surface area contributed by atoms with Crippen LogP contribution < -0.4 is 10.2 Å². The predicted octanol–water partition coefficient (Wildman–Crippen LogP) is 0.978. The van der Waals surface area contributed by atoms with Crippen molar-refractivity contribution in [3.8, 4) is 12.3 Å². The molecule has 1 aromatic heterocycles. The molecule has 0 aliphatic rings. The van der Waals surface area contributed by atoms with Gasteiger partial charge in [-0.1, -0.05) is 0 Å². The first-order chi connectivity index (χ1) is 6.74. The first kappa shape index (κ1) is 10.3. The molecule has 4 heteroatoms. The minimum Gasteiger partial charge on any atom is -0.369 e. The van der Waals surface area contributed by atoms with Gasteiger partial charge in [0.25, 0.3) is 0 Å². The molecule has 0 atom stereocenters. The Morgan fingerprint density at radius 2 is 2.36 bits per heavy atom. The van der Waals surface area contributed by atoms with Crippen LogP contribution in [-0.4, -0.2) is 30.6 Å². The SMILES string of the molecule is C#CCCNc1ccnc(N(C)C)n1. The van der Waals surface area contributed by atoms with E-state index in [0.717, 1.165) is 12.4 Å². The molecule has 0 radical (unpaired) electrons. The number of hydrogen-bond acceptors (Lipinski definition) is 4. The normalized spacial score (nSPS) is 9.21. The summed E-state index contributed by atoms with van der Waals surface area (Å²) < 4.78 is 0. The van der Waals surface area contributed by atoms with E-state index in [4.69, 9.17) is 6.42 Å². The highest BCUT2D eigenvalue weighted by molar-refractivity contribution is 5.40. The lowest BCUT2D eigenvalue weighted by Crippen LogP contribution is -2.13. The van der Waals surface area contributed by atoms with Gasteiger partial charge in [-0.15, -0.1) is 12.3 Å². The van der Waals surface area contributed by atoms with Gasteiger partial charge in [0.15, 0.2) is 0 Å². The van der Waals surface area contributed by atoms with E-state index in [0.29, 0.717) is 12.4 Å². The smallest absolute Gasteiger partial charge is 0.226 e. The first-order valence-corrected chi connectivity index (χ1v) is 4.41. The van der Waals surface area contributed by atoms with Crippen molar-refractivity contribution < 1.29 is 0 Å². The third-order valence-electron chi connectivity index (χ3n) is 1.62. The summed E-state index contributed by atoms with van der Waals surface area (Å²) in [5.74, 6) is 4.05. The van der Waals surface area contributed by atoms with Crippen molar-refractivity contribution in [2.24, 2.45) is 0 Å². The average molecular weight is 190 g/mol. The van der Waals surface area contributed by atoms with E-state index in [1.807, 2.05) is 25.1 Å². The molecule has 0 fully saturated rings. The molecule has 0 unspecified atom stereocenters. The van der Waals surface area contributed by atoms with Crippen LogP contribution in [0, 0.1) is 12.3 Å². The zero-order chi connectivity index (χ0) is 10.4. The van der Waals surface area contributed by atoms with E-state index in [9.17, 15) is 0 Å². The molecule has 14 heavy (non-hydrogen) atoms. The van der Waals surface area contributed by atoms with Gasteiger partial charge in [-0.25, -0.2) is 4.98 Å². The Bertz CT molecular complexity index is 327. The van der Waals surface area contributed by atoms with E-state index in [1.54, 1.807) is 6.20 Å². The van der Waals surface area contributed by atoms with Crippen LogP contribution in [0.3, 0.4) is 0 Å². The van der Waals surface area contributed by atoms with Crippen LogP contribution in [-0.2, 0) is 0 Å². The van der Waals surface area contributed by atoms with Gasteiger partial charge in [-0.3, -0.25) is 0 Å². The number of terminal acetylenes is 1. The average Bonchev–Trinajstić information content (AvgIpc) is 2.19. The van der Waals surface area contributed by atoms with Gasteiger partial charge in [0, 0.05) is 33.3 Å². The molecule has 0 saturated carbocycles. The summed E-state index contributed by atoms with van der Waals surface area (Å²) in [5, 5.41) is 3.12. The van der Waals surface area contributed by atoms with Crippen molar-refractivity contribution in [2.75, 3.05) is 30.9 Å². The van der Waals surface area contributed by atoms with Gasteiger partial charge in [0.05, 0.1) is 0 Å². The number of rotatable bonds is 4. The summed E-state index contributed by atoms with van der Waals surface area (Å²) in [7, 11) is 3.81. The second-order valence-corrected chi connectivity index (χ2v) is 3.02. The van der Waals surface area contributed by atoms with Crippen LogP contribution in [0.4, 0.5) is 11.8 Å². The number of hydrogen-bond donors (Lipinski definition) is 1. The lowest BCUT2D eigenvalue weighted by Gasteiger charge is -2.11. The number of nitrogens with zero attached hydrogens (tertiary/aromatic N) is 3. The quantitative estimate of drug-likeness (QED) is 0.567. The van der Waals surface area contributed by atoms with Crippen molar-refractivity contribution in [1.29, 1.82) is 0 Å². The largest absolute Gasteiger partial charge is 0.369 e. The van der Waals surface area contributed by atoms with E-state index in [-0.39, 0.29) is 0 Å². The van der Waals surface area contributed by atoms with Crippen LogP contribution in [0.2, 0.25) is 0 Å². The highest BCUT2D eigenvalue weighted by Gasteiger charge is 1.99. The fourth-order valence-corrected chi connectivity index (χ4v) is 0.925. The van der Waals surface area contributed by atoms with Crippen LogP contribution in [0.25, 0.3) is 0 Å². The summed E-state index contributed by atoms with van der Waals surface area (Å²) >= 11 is 0. The first-order valence-electron chi connectivity index (χ1n) is 4.41. The van der Waals surface area contributed by atoms with Crippen molar-refractivity contribution in [3.05, 3.63) is 12.3 Å².